The molecule has 0 bridgehead atoms. The van der Waals surface area contributed by atoms with Gasteiger partial charge in [0.2, 0.25) is 0 Å². The number of nitrogens with zero attached hydrogens (tertiary/aromatic N) is 4. The summed E-state index contributed by atoms with van der Waals surface area (Å²) in [6, 6.07) is 8.00. The summed E-state index contributed by atoms with van der Waals surface area (Å²) in [5, 5.41) is 0.812. The average Bonchev–Trinajstić information content (AvgIpc) is 2.51. The molecular formula is C16H20ClN5. The number of aromatic nitrogens is 2. The summed E-state index contributed by atoms with van der Waals surface area (Å²) < 4.78 is 0. The molecule has 2 heterocycles. The lowest BCUT2D eigenvalue weighted by Crippen LogP contribution is -2.46. The smallest absolute Gasteiger partial charge is 0.131 e. The van der Waals surface area contributed by atoms with Gasteiger partial charge in [-0.25, -0.2) is 9.97 Å². The van der Waals surface area contributed by atoms with Crippen molar-refractivity contribution < 1.29 is 0 Å². The molecule has 3 rings (SSSR count). The number of piperazine rings is 1. The maximum Gasteiger partial charge on any atom is 0.131 e. The summed E-state index contributed by atoms with van der Waals surface area (Å²) >= 11 is 6.27. The van der Waals surface area contributed by atoms with Crippen LogP contribution in [-0.2, 0) is 6.54 Å². The van der Waals surface area contributed by atoms with Crippen LogP contribution in [0.3, 0.4) is 0 Å². The molecule has 0 amide bonds. The van der Waals surface area contributed by atoms with Gasteiger partial charge in [-0.3, -0.25) is 4.90 Å². The van der Waals surface area contributed by atoms with Gasteiger partial charge in [-0.2, -0.15) is 0 Å². The minimum absolute atomic E-state index is 0.584. The van der Waals surface area contributed by atoms with Crippen LogP contribution in [0.1, 0.15) is 11.4 Å². The lowest BCUT2D eigenvalue weighted by atomic mass is 10.2. The summed E-state index contributed by atoms with van der Waals surface area (Å²) in [4.78, 5) is 13.2. The van der Waals surface area contributed by atoms with Gasteiger partial charge in [-0.1, -0.05) is 23.7 Å². The summed E-state index contributed by atoms with van der Waals surface area (Å²) in [7, 11) is 0. The van der Waals surface area contributed by atoms with Gasteiger partial charge in [-0.15, -0.1) is 0 Å². The standard InChI is InChI=1S/C16H20ClN5/c1-12-19-10-13(16(18)20-12)11-21-6-8-22(9-7-21)15-5-3-2-4-14(15)17/h2-5,10H,6-9,11H2,1H3,(H2,18,19,20). The predicted octanol–water partition coefficient (Wildman–Crippen LogP) is 2.34. The molecule has 5 nitrogen and oxygen atoms in total. The first-order valence-corrected chi connectivity index (χ1v) is 7.81. The largest absolute Gasteiger partial charge is 0.383 e. The topological polar surface area (TPSA) is 58.3 Å². The van der Waals surface area contributed by atoms with Gasteiger partial charge in [0.15, 0.2) is 0 Å². The second-order valence-corrected chi connectivity index (χ2v) is 5.95. The van der Waals surface area contributed by atoms with Crippen molar-refractivity contribution in [3.05, 3.63) is 46.9 Å². The van der Waals surface area contributed by atoms with Crippen molar-refractivity contribution in [1.29, 1.82) is 0 Å². The molecule has 22 heavy (non-hydrogen) atoms. The Hall–Kier alpha value is -1.85. The van der Waals surface area contributed by atoms with Gasteiger partial charge in [0.05, 0.1) is 10.7 Å². The van der Waals surface area contributed by atoms with E-state index in [9.17, 15) is 0 Å². The zero-order valence-corrected chi connectivity index (χ0v) is 13.4. The van der Waals surface area contributed by atoms with Gasteiger partial charge in [0.1, 0.15) is 11.6 Å². The van der Waals surface area contributed by atoms with Crippen molar-refractivity contribution in [2.45, 2.75) is 13.5 Å². The fourth-order valence-electron chi connectivity index (χ4n) is 2.73. The van der Waals surface area contributed by atoms with Crippen LogP contribution in [0.15, 0.2) is 30.5 Å². The van der Waals surface area contributed by atoms with Crippen LogP contribution >= 0.6 is 11.6 Å². The zero-order chi connectivity index (χ0) is 15.5. The van der Waals surface area contributed by atoms with Crippen LogP contribution in [0.2, 0.25) is 5.02 Å². The first kappa shape index (κ1) is 15.1. The predicted molar refractivity (Wildman–Crippen MR) is 90.1 cm³/mol. The zero-order valence-electron chi connectivity index (χ0n) is 12.7. The third-order valence-corrected chi connectivity index (χ3v) is 4.30. The Bertz CT molecular complexity index is 653. The molecule has 2 aromatic rings. The van der Waals surface area contributed by atoms with Crippen molar-refractivity contribution in [2.24, 2.45) is 0 Å². The van der Waals surface area contributed by atoms with Crippen molar-refractivity contribution in [3.63, 3.8) is 0 Å². The minimum Gasteiger partial charge on any atom is -0.383 e. The Balaban J connectivity index is 1.61. The first-order chi connectivity index (χ1) is 10.6. The highest BCUT2D eigenvalue weighted by Gasteiger charge is 2.19. The van der Waals surface area contributed by atoms with Gasteiger partial charge in [0, 0.05) is 44.5 Å². The van der Waals surface area contributed by atoms with Gasteiger partial charge >= 0.3 is 0 Å². The lowest BCUT2D eigenvalue weighted by Gasteiger charge is -2.36. The van der Waals surface area contributed by atoms with Crippen LogP contribution in [0.4, 0.5) is 11.5 Å². The summed E-state index contributed by atoms with van der Waals surface area (Å²) in [6.45, 7) is 6.49. The quantitative estimate of drug-likeness (QED) is 0.941. The molecule has 0 saturated carbocycles. The molecule has 1 fully saturated rings. The van der Waals surface area contributed by atoms with Crippen LogP contribution in [0.25, 0.3) is 0 Å². The highest BCUT2D eigenvalue weighted by Crippen LogP contribution is 2.26. The van der Waals surface area contributed by atoms with E-state index >= 15 is 0 Å². The molecule has 6 heteroatoms. The molecule has 116 valence electrons. The van der Waals surface area contributed by atoms with E-state index in [2.05, 4.69) is 25.8 Å². The number of nitrogen functional groups attached to an aromatic ring is 1. The number of anilines is 2. The number of aryl methyl sites for hydroxylation is 1. The van der Waals surface area contributed by atoms with Crippen molar-refractivity contribution in [3.8, 4) is 0 Å². The Morgan fingerprint density at radius 1 is 1.18 bits per heavy atom. The maximum atomic E-state index is 6.27. The third-order valence-electron chi connectivity index (χ3n) is 3.98. The molecule has 2 N–H and O–H groups in total. The summed E-state index contributed by atoms with van der Waals surface area (Å²) in [5.41, 5.74) is 8.08. The number of nitrogens with two attached hydrogens (primary N) is 1. The van der Waals surface area contributed by atoms with E-state index in [1.807, 2.05) is 31.3 Å². The molecule has 1 aromatic carbocycles. The molecule has 0 radical (unpaired) electrons. The molecule has 1 aliphatic rings. The molecule has 1 aromatic heterocycles. The number of halogens is 1. The molecule has 0 aliphatic carbocycles. The highest BCUT2D eigenvalue weighted by atomic mass is 35.5. The summed E-state index contributed by atoms with van der Waals surface area (Å²) in [6.07, 6.45) is 1.83. The first-order valence-electron chi connectivity index (χ1n) is 7.43. The van der Waals surface area contributed by atoms with Crippen molar-refractivity contribution in [2.75, 3.05) is 36.8 Å². The number of hydrogen-bond acceptors (Lipinski definition) is 5. The highest BCUT2D eigenvalue weighted by molar-refractivity contribution is 6.33. The monoisotopic (exact) mass is 317 g/mol. The van der Waals surface area contributed by atoms with E-state index in [1.165, 1.54) is 0 Å². The molecule has 0 spiro atoms. The van der Waals surface area contributed by atoms with E-state index < -0.39 is 0 Å². The van der Waals surface area contributed by atoms with E-state index in [4.69, 9.17) is 17.3 Å². The van der Waals surface area contributed by atoms with Crippen molar-refractivity contribution >= 4 is 23.1 Å². The fourth-order valence-corrected chi connectivity index (χ4v) is 2.99. The Labute approximate surface area is 135 Å². The normalized spacial score (nSPS) is 16.0. The van der Waals surface area contributed by atoms with E-state index in [-0.39, 0.29) is 0 Å². The lowest BCUT2D eigenvalue weighted by molar-refractivity contribution is 0.250. The summed E-state index contributed by atoms with van der Waals surface area (Å²) in [5.74, 6) is 1.30. The Morgan fingerprint density at radius 3 is 2.59 bits per heavy atom. The second kappa shape index (κ2) is 6.50. The fraction of sp³-hybridized carbons (Fsp3) is 0.375. The van der Waals surface area contributed by atoms with E-state index in [0.29, 0.717) is 11.6 Å². The van der Waals surface area contributed by atoms with E-state index in [1.54, 1.807) is 0 Å². The van der Waals surface area contributed by atoms with Crippen LogP contribution in [-0.4, -0.2) is 41.0 Å². The molecule has 0 atom stereocenters. The average molecular weight is 318 g/mol. The molecule has 1 aliphatic heterocycles. The number of rotatable bonds is 3. The Kier molecular flexibility index (Phi) is 4.45. The van der Waals surface area contributed by atoms with E-state index in [0.717, 1.165) is 49.0 Å². The number of para-hydroxylation sites is 1. The molecule has 0 unspecified atom stereocenters. The molecular weight excluding hydrogens is 298 g/mol. The third kappa shape index (κ3) is 3.31. The minimum atomic E-state index is 0.584. The SMILES string of the molecule is Cc1ncc(CN2CCN(c3ccccc3Cl)CC2)c(N)n1. The van der Waals surface area contributed by atoms with Gasteiger partial charge < -0.3 is 10.6 Å². The maximum absolute atomic E-state index is 6.27. The van der Waals surface area contributed by atoms with Crippen LogP contribution < -0.4 is 10.6 Å². The number of hydrogen-bond donors (Lipinski definition) is 1. The second-order valence-electron chi connectivity index (χ2n) is 5.54. The van der Waals surface area contributed by atoms with Crippen LogP contribution in [0, 0.1) is 6.92 Å². The number of benzene rings is 1. The van der Waals surface area contributed by atoms with Crippen LogP contribution in [0.5, 0.6) is 0 Å². The van der Waals surface area contributed by atoms with Gasteiger partial charge in [-0.05, 0) is 19.1 Å². The van der Waals surface area contributed by atoms with Gasteiger partial charge in [0.25, 0.3) is 0 Å². The van der Waals surface area contributed by atoms with Crippen molar-refractivity contribution in [1.82, 2.24) is 14.9 Å². The Morgan fingerprint density at radius 2 is 1.91 bits per heavy atom. The molecule has 1 saturated heterocycles.